The number of benzene rings is 2. The molecule has 0 unspecified atom stereocenters. The van der Waals surface area contributed by atoms with Crippen LogP contribution < -0.4 is 9.62 Å². The number of nitrogens with one attached hydrogen (secondary N) is 1. The molecule has 1 fully saturated rings. The molecule has 0 radical (unpaired) electrons. The summed E-state index contributed by atoms with van der Waals surface area (Å²) >= 11 is 13.5. The molecule has 2 aromatic carbocycles. The van der Waals surface area contributed by atoms with Crippen LogP contribution in [0, 0.1) is 6.92 Å². The summed E-state index contributed by atoms with van der Waals surface area (Å²) in [6, 6.07) is 10.4. The summed E-state index contributed by atoms with van der Waals surface area (Å²) in [7, 11) is -3.60. The Morgan fingerprint density at radius 3 is 2.59 bits per heavy atom. The number of sulfonamides is 1. The van der Waals surface area contributed by atoms with Crippen molar-refractivity contribution in [3.05, 3.63) is 57.6 Å². The molecule has 156 valence electrons. The molecule has 0 spiro atoms. The topological polar surface area (TPSA) is 66.5 Å². The van der Waals surface area contributed by atoms with E-state index in [1.807, 2.05) is 19.1 Å². The summed E-state index contributed by atoms with van der Waals surface area (Å²) in [5.74, 6) is 1.43. The molecule has 0 atom stereocenters. The standard InChI is InChI=1S/C20H22Cl2N2O3S2/c1-14-11-16(5-7-19(14)24-9-2-3-20(24)25)29(26,27)23-8-10-28-13-15-4-6-17(21)18(22)12-15/h4-7,11-12,23H,2-3,8-10,13H2,1H3. The van der Waals surface area contributed by atoms with Crippen molar-refractivity contribution in [2.24, 2.45) is 0 Å². The highest BCUT2D eigenvalue weighted by atomic mass is 35.5. The first-order chi connectivity index (χ1) is 13.8. The number of thioether (sulfide) groups is 1. The fraction of sp³-hybridized carbons (Fsp3) is 0.350. The molecule has 29 heavy (non-hydrogen) atoms. The van der Waals surface area contributed by atoms with Crippen molar-refractivity contribution in [2.75, 3.05) is 23.7 Å². The van der Waals surface area contributed by atoms with Crippen molar-refractivity contribution in [2.45, 2.75) is 30.4 Å². The fourth-order valence-electron chi connectivity index (χ4n) is 3.15. The molecule has 1 amide bonds. The number of anilines is 1. The summed E-state index contributed by atoms with van der Waals surface area (Å²) in [6.07, 6.45) is 1.38. The van der Waals surface area contributed by atoms with Gasteiger partial charge in [-0.2, -0.15) is 11.8 Å². The van der Waals surface area contributed by atoms with Gasteiger partial charge in [0.05, 0.1) is 14.9 Å². The van der Waals surface area contributed by atoms with E-state index in [0.29, 0.717) is 35.3 Å². The third kappa shape index (κ3) is 5.67. The Kier molecular flexibility index (Phi) is 7.51. The third-order valence-corrected chi connectivity index (χ3v) is 7.86. The molecule has 3 rings (SSSR count). The van der Waals surface area contributed by atoms with E-state index in [1.54, 1.807) is 40.9 Å². The fourth-order valence-corrected chi connectivity index (χ4v) is 5.52. The van der Waals surface area contributed by atoms with E-state index >= 15 is 0 Å². The highest BCUT2D eigenvalue weighted by molar-refractivity contribution is 7.98. The van der Waals surface area contributed by atoms with Gasteiger partial charge in [-0.15, -0.1) is 0 Å². The predicted molar refractivity (Wildman–Crippen MR) is 121 cm³/mol. The molecule has 1 aliphatic heterocycles. The summed E-state index contributed by atoms with van der Waals surface area (Å²) < 4.78 is 27.8. The van der Waals surface area contributed by atoms with Crippen LogP contribution in [0.5, 0.6) is 0 Å². The zero-order chi connectivity index (χ0) is 21.0. The van der Waals surface area contributed by atoms with Gasteiger partial charge in [-0.3, -0.25) is 4.79 Å². The number of hydrogen-bond acceptors (Lipinski definition) is 4. The van der Waals surface area contributed by atoms with Crippen molar-refractivity contribution in [1.82, 2.24) is 4.72 Å². The lowest BCUT2D eigenvalue weighted by atomic mass is 10.2. The minimum absolute atomic E-state index is 0.0841. The molecular weight excluding hydrogens is 451 g/mol. The lowest BCUT2D eigenvalue weighted by Gasteiger charge is -2.19. The second-order valence-corrected chi connectivity index (χ2v) is 10.5. The molecule has 1 heterocycles. The zero-order valence-electron chi connectivity index (χ0n) is 16.0. The van der Waals surface area contributed by atoms with Gasteiger partial charge >= 0.3 is 0 Å². The number of halogens is 2. The molecule has 1 saturated heterocycles. The van der Waals surface area contributed by atoms with E-state index in [-0.39, 0.29) is 10.8 Å². The van der Waals surface area contributed by atoms with Crippen LogP contribution in [0.4, 0.5) is 5.69 Å². The normalized spacial score (nSPS) is 14.6. The van der Waals surface area contributed by atoms with E-state index in [2.05, 4.69) is 4.72 Å². The maximum absolute atomic E-state index is 12.6. The van der Waals surface area contributed by atoms with Gasteiger partial charge in [0.15, 0.2) is 0 Å². The largest absolute Gasteiger partial charge is 0.312 e. The van der Waals surface area contributed by atoms with Gasteiger partial charge in [-0.1, -0.05) is 29.3 Å². The number of nitrogens with zero attached hydrogens (tertiary/aromatic N) is 1. The van der Waals surface area contributed by atoms with E-state index in [1.165, 1.54) is 0 Å². The van der Waals surface area contributed by atoms with Crippen LogP contribution in [0.25, 0.3) is 0 Å². The van der Waals surface area contributed by atoms with Crippen LogP contribution in [-0.2, 0) is 20.6 Å². The van der Waals surface area contributed by atoms with Gasteiger partial charge < -0.3 is 4.90 Å². The van der Waals surface area contributed by atoms with Crippen molar-refractivity contribution in [3.8, 4) is 0 Å². The molecule has 0 aromatic heterocycles. The first kappa shape index (κ1) is 22.4. The van der Waals surface area contributed by atoms with Crippen molar-refractivity contribution in [3.63, 3.8) is 0 Å². The third-order valence-electron chi connectivity index (χ3n) is 4.63. The van der Waals surface area contributed by atoms with Crippen molar-refractivity contribution < 1.29 is 13.2 Å². The molecule has 0 bridgehead atoms. The molecule has 9 heteroatoms. The quantitative estimate of drug-likeness (QED) is 0.568. The Labute approximate surface area is 185 Å². The van der Waals surface area contributed by atoms with E-state index in [0.717, 1.165) is 29.0 Å². The Bertz CT molecular complexity index is 1010. The first-order valence-electron chi connectivity index (χ1n) is 9.20. The maximum atomic E-state index is 12.6. The summed E-state index contributed by atoms with van der Waals surface area (Å²) in [6.45, 7) is 2.83. The number of carbonyl (C=O) groups excluding carboxylic acids is 1. The smallest absolute Gasteiger partial charge is 0.240 e. The van der Waals surface area contributed by atoms with Crippen LogP contribution in [0.2, 0.25) is 10.0 Å². The van der Waals surface area contributed by atoms with E-state index in [9.17, 15) is 13.2 Å². The van der Waals surface area contributed by atoms with Gasteiger partial charge in [0, 0.05) is 36.7 Å². The Morgan fingerprint density at radius 1 is 1.14 bits per heavy atom. The summed E-state index contributed by atoms with van der Waals surface area (Å²) in [5, 5.41) is 1.03. The van der Waals surface area contributed by atoms with Crippen molar-refractivity contribution in [1.29, 1.82) is 0 Å². The Balaban J connectivity index is 1.53. The van der Waals surface area contributed by atoms with Crippen LogP contribution in [0.1, 0.15) is 24.0 Å². The molecular formula is C20H22Cl2N2O3S2. The van der Waals surface area contributed by atoms with E-state index in [4.69, 9.17) is 23.2 Å². The molecule has 2 aromatic rings. The Morgan fingerprint density at radius 2 is 1.93 bits per heavy atom. The van der Waals surface area contributed by atoms with Gasteiger partial charge in [0.25, 0.3) is 0 Å². The second-order valence-electron chi connectivity index (χ2n) is 6.80. The number of rotatable bonds is 8. The maximum Gasteiger partial charge on any atom is 0.240 e. The summed E-state index contributed by atoms with van der Waals surface area (Å²) in [5.41, 5.74) is 2.59. The number of amides is 1. The zero-order valence-corrected chi connectivity index (χ0v) is 19.1. The SMILES string of the molecule is Cc1cc(S(=O)(=O)NCCSCc2ccc(Cl)c(Cl)c2)ccc1N1CCCC1=O. The minimum Gasteiger partial charge on any atom is -0.312 e. The lowest BCUT2D eigenvalue weighted by Crippen LogP contribution is -2.27. The van der Waals surface area contributed by atoms with Gasteiger partial charge in [-0.05, 0) is 54.8 Å². The van der Waals surface area contributed by atoms with Crippen LogP contribution in [0.3, 0.4) is 0 Å². The predicted octanol–water partition coefficient (Wildman–Crippen LogP) is 4.64. The van der Waals surface area contributed by atoms with Gasteiger partial charge in [-0.25, -0.2) is 13.1 Å². The van der Waals surface area contributed by atoms with Crippen LogP contribution in [0.15, 0.2) is 41.3 Å². The number of carbonyl (C=O) groups is 1. The number of hydrogen-bond donors (Lipinski definition) is 1. The average Bonchev–Trinajstić information content (AvgIpc) is 3.10. The molecule has 0 saturated carbocycles. The first-order valence-corrected chi connectivity index (χ1v) is 12.6. The van der Waals surface area contributed by atoms with Crippen molar-refractivity contribution >= 4 is 56.6 Å². The second kappa shape index (κ2) is 9.71. The highest BCUT2D eigenvalue weighted by Gasteiger charge is 2.24. The van der Waals surface area contributed by atoms with Crippen LogP contribution >= 0.6 is 35.0 Å². The average molecular weight is 473 g/mol. The number of aryl methyl sites for hydroxylation is 1. The van der Waals surface area contributed by atoms with E-state index < -0.39 is 10.0 Å². The molecule has 1 aliphatic rings. The highest BCUT2D eigenvalue weighted by Crippen LogP contribution is 2.27. The molecule has 0 aliphatic carbocycles. The Hall–Kier alpha value is -1.25. The van der Waals surface area contributed by atoms with Gasteiger partial charge in [0.2, 0.25) is 15.9 Å². The monoisotopic (exact) mass is 472 g/mol. The molecule has 1 N–H and O–H groups in total. The minimum atomic E-state index is -3.60. The molecule has 5 nitrogen and oxygen atoms in total. The lowest BCUT2D eigenvalue weighted by molar-refractivity contribution is -0.117. The summed E-state index contributed by atoms with van der Waals surface area (Å²) in [4.78, 5) is 13.9. The van der Waals surface area contributed by atoms with Crippen LogP contribution in [-0.4, -0.2) is 33.2 Å². The van der Waals surface area contributed by atoms with Gasteiger partial charge in [0.1, 0.15) is 0 Å².